The average molecular weight is 308 g/mol. The number of nitrogens with zero attached hydrogens (tertiary/aromatic N) is 1. The average Bonchev–Trinajstić information content (AvgIpc) is 2.86. The minimum Gasteiger partial charge on any atom is -0.543 e. The van der Waals surface area contributed by atoms with Crippen LogP contribution in [0, 0.1) is 0 Å². The second kappa shape index (κ2) is 6.64. The molecule has 1 aromatic rings. The number of carboxylic acids is 1. The maximum absolute atomic E-state index is 11.9. The van der Waals surface area contributed by atoms with Gasteiger partial charge in [-0.3, -0.25) is 9.59 Å². The van der Waals surface area contributed by atoms with Gasteiger partial charge in [0.25, 0.3) is 5.91 Å². The third kappa shape index (κ3) is 2.95. The van der Waals surface area contributed by atoms with Gasteiger partial charge in [-0.25, -0.2) is 0 Å². The first kappa shape index (κ1) is 16.7. The number of benzene rings is 1. The number of aliphatic carboxylic acids is 1. The van der Waals surface area contributed by atoms with E-state index in [0.717, 1.165) is 5.56 Å². The SMILES string of the molecule is O=C(Cc1ccccc1)NC1C(=O)N2C(C(=O)[O-])=CC[C@H]12.[Na+]. The zero-order valence-corrected chi connectivity index (χ0v) is 14.1. The van der Waals surface area contributed by atoms with Crippen LogP contribution in [0.25, 0.3) is 0 Å². The molecule has 1 unspecified atom stereocenters. The van der Waals surface area contributed by atoms with Crippen molar-refractivity contribution in [3.63, 3.8) is 0 Å². The molecule has 2 aliphatic heterocycles. The molecular weight excluding hydrogens is 295 g/mol. The number of nitrogens with one attached hydrogen (secondary N) is 1. The van der Waals surface area contributed by atoms with E-state index in [1.165, 1.54) is 11.0 Å². The number of rotatable bonds is 4. The number of carboxylic acid groups (broad SMARTS) is 1. The molecule has 1 N–H and O–H groups in total. The molecule has 0 saturated carbocycles. The molecule has 0 aromatic heterocycles. The van der Waals surface area contributed by atoms with Crippen LogP contribution in [0.3, 0.4) is 0 Å². The third-order valence-electron chi connectivity index (χ3n) is 3.77. The number of amides is 2. The molecule has 0 bridgehead atoms. The quantitative estimate of drug-likeness (QED) is 0.453. The van der Waals surface area contributed by atoms with E-state index >= 15 is 0 Å². The van der Waals surface area contributed by atoms with E-state index in [2.05, 4.69) is 5.32 Å². The molecule has 2 aliphatic rings. The third-order valence-corrected chi connectivity index (χ3v) is 3.77. The fraction of sp³-hybridized carbons (Fsp3) is 0.267. The molecule has 22 heavy (non-hydrogen) atoms. The molecule has 1 aromatic carbocycles. The molecule has 7 heteroatoms. The van der Waals surface area contributed by atoms with Crippen LogP contribution in [0.2, 0.25) is 0 Å². The van der Waals surface area contributed by atoms with Gasteiger partial charge in [0.2, 0.25) is 5.91 Å². The number of β-lactam (4-membered cyclic amide) rings is 1. The summed E-state index contributed by atoms with van der Waals surface area (Å²) in [4.78, 5) is 35.9. The first-order chi connectivity index (χ1) is 10.1. The van der Waals surface area contributed by atoms with Crippen molar-refractivity contribution in [1.29, 1.82) is 0 Å². The van der Waals surface area contributed by atoms with Crippen molar-refractivity contribution in [3.8, 4) is 0 Å². The van der Waals surface area contributed by atoms with Crippen molar-refractivity contribution in [1.82, 2.24) is 10.2 Å². The summed E-state index contributed by atoms with van der Waals surface area (Å²) in [5.41, 5.74) is 0.761. The van der Waals surface area contributed by atoms with E-state index in [1.54, 1.807) is 0 Å². The molecule has 1 fully saturated rings. The Morgan fingerprint density at radius 1 is 1.27 bits per heavy atom. The molecule has 0 aliphatic carbocycles. The smallest absolute Gasteiger partial charge is 0.543 e. The predicted octanol–water partition coefficient (Wildman–Crippen LogP) is -4.03. The van der Waals surface area contributed by atoms with Crippen molar-refractivity contribution >= 4 is 17.8 Å². The second-order valence-corrected chi connectivity index (χ2v) is 5.10. The molecule has 6 nitrogen and oxygen atoms in total. The molecule has 0 radical (unpaired) electrons. The minimum atomic E-state index is -1.36. The van der Waals surface area contributed by atoms with Gasteiger partial charge in [0.15, 0.2) is 0 Å². The van der Waals surface area contributed by atoms with Crippen LogP contribution >= 0.6 is 0 Å². The Morgan fingerprint density at radius 2 is 1.95 bits per heavy atom. The van der Waals surface area contributed by atoms with Crippen molar-refractivity contribution in [3.05, 3.63) is 47.7 Å². The molecule has 2 heterocycles. The van der Waals surface area contributed by atoms with E-state index in [-0.39, 0.29) is 53.6 Å². The Morgan fingerprint density at radius 3 is 2.59 bits per heavy atom. The second-order valence-electron chi connectivity index (χ2n) is 5.10. The predicted molar refractivity (Wildman–Crippen MR) is 70.4 cm³/mol. The topological polar surface area (TPSA) is 89.5 Å². The normalized spacial score (nSPS) is 22.1. The van der Waals surface area contributed by atoms with Gasteiger partial charge < -0.3 is 20.1 Å². The van der Waals surface area contributed by atoms with E-state index in [9.17, 15) is 19.5 Å². The molecule has 108 valence electrons. The summed E-state index contributed by atoms with van der Waals surface area (Å²) in [6.07, 6.45) is 2.07. The Hall–Kier alpha value is -1.63. The van der Waals surface area contributed by atoms with E-state index in [4.69, 9.17) is 0 Å². The Kier molecular flexibility index (Phi) is 5.05. The summed E-state index contributed by atoms with van der Waals surface area (Å²) in [6.45, 7) is 0. The Bertz CT molecular complexity index is 644. The maximum Gasteiger partial charge on any atom is 1.00 e. The summed E-state index contributed by atoms with van der Waals surface area (Å²) >= 11 is 0. The molecule has 1 saturated heterocycles. The Labute approximate surface area is 149 Å². The van der Waals surface area contributed by atoms with Gasteiger partial charge >= 0.3 is 29.6 Å². The summed E-state index contributed by atoms with van der Waals surface area (Å²) in [5, 5.41) is 13.5. The van der Waals surface area contributed by atoms with Crippen LogP contribution < -0.4 is 40.0 Å². The number of fused-ring (bicyclic) bond motifs is 1. The van der Waals surface area contributed by atoms with Crippen molar-refractivity contribution in [2.75, 3.05) is 0 Å². The van der Waals surface area contributed by atoms with E-state index in [0.29, 0.717) is 6.42 Å². The number of carbonyl (C=O) groups excluding carboxylic acids is 3. The largest absolute Gasteiger partial charge is 1.00 e. The van der Waals surface area contributed by atoms with Crippen LogP contribution in [0.5, 0.6) is 0 Å². The van der Waals surface area contributed by atoms with Crippen LogP contribution in [0.4, 0.5) is 0 Å². The molecule has 0 spiro atoms. The minimum absolute atomic E-state index is 0. The zero-order chi connectivity index (χ0) is 15.0. The first-order valence-electron chi connectivity index (χ1n) is 6.66. The fourth-order valence-corrected chi connectivity index (χ4v) is 2.76. The van der Waals surface area contributed by atoms with E-state index < -0.39 is 17.9 Å². The van der Waals surface area contributed by atoms with Gasteiger partial charge in [0.1, 0.15) is 6.04 Å². The van der Waals surface area contributed by atoms with Gasteiger partial charge in [-0.1, -0.05) is 36.4 Å². The molecule has 2 atom stereocenters. The number of hydrogen-bond donors (Lipinski definition) is 1. The Balaban J connectivity index is 0.00000176. The van der Waals surface area contributed by atoms with Crippen molar-refractivity contribution < 1.29 is 49.0 Å². The van der Waals surface area contributed by atoms with Crippen LogP contribution in [0.1, 0.15) is 12.0 Å². The van der Waals surface area contributed by atoms with Gasteiger partial charge in [0, 0.05) is 0 Å². The standard InChI is InChI=1S/C15H14N2O4.Na/c18-12(8-9-4-2-1-3-5-9)16-13-10-6-7-11(15(20)21)17(10)14(13)19;/h1-5,7,10,13H,6,8H2,(H,16,18)(H,20,21);/q;+1/p-1/t10-,13?;/m1./s1. The van der Waals surface area contributed by atoms with Gasteiger partial charge in [-0.05, 0) is 12.0 Å². The summed E-state index contributed by atoms with van der Waals surface area (Å²) in [7, 11) is 0. The van der Waals surface area contributed by atoms with Crippen LogP contribution in [-0.2, 0) is 20.8 Å². The summed E-state index contributed by atoms with van der Waals surface area (Å²) in [5.74, 6) is -2.00. The molecular formula is C15H13N2NaO4. The zero-order valence-electron chi connectivity index (χ0n) is 12.1. The van der Waals surface area contributed by atoms with Gasteiger partial charge in [-0.2, -0.15) is 0 Å². The number of carbonyl (C=O) groups is 3. The van der Waals surface area contributed by atoms with Gasteiger partial charge in [-0.15, -0.1) is 0 Å². The first-order valence-corrected chi connectivity index (χ1v) is 6.66. The van der Waals surface area contributed by atoms with Crippen molar-refractivity contribution in [2.45, 2.75) is 24.9 Å². The van der Waals surface area contributed by atoms with Crippen LogP contribution in [-0.4, -0.2) is 34.8 Å². The maximum atomic E-state index is 11.9. The molecule has 3 rings (SSSR count). The van der Waals surface area contributed by atoms with Gasteiger partial charge in [0.05, 0.1) is 24.1 Å². The monoisotopic (exact) mass is 308 g/mol. The summed E-state index contributed by atoms with van der Waals surface area (Å²) < 4.78 is 0. The molecule has 2 amide bonds. The summed E-state index contributed by atoms with van der Waals surface area (Å²) in [6, 6.07) is 8.26. The number of hydrogen-bond acceptors (Lipinski definition) is 4. The fourth-order valence-electron chi connectivity index (χ4n) is 2.76. The van der Waals surface area contributed by atoms with Crippen LogP contribution in [0.15, 0.2) is 42.1 Å². The van der Waals surface area contributed by atoms with E-state index in [1.807, 2.05) is 30.3 Å². The van der Waals surface area contributed by atoms with Crippen molar-refractivity contribution in [2.24, 2.45) is 0 Å².